The van der Waals surface area contributed by atoms with E-state index in [2.05, 4.69) is 31.3 Å². The van der Waals surface area contributed by atoms with Crippen LogP contribution in [0.2, 0.25) is 0 Å². The summed E-state index contributed by atoms with van der Waals surface area (Å²) in [6, 6.07) is 0.717. The first kappa shape index (κ1) is 19.2. The molecule has 0 fully saturated rings. The molecule has 1 unspecified atom stereocenters. The topological polar surface area (TPSA) is 83.3 Å². The van der Waals surface area contributed by atoms with Crippen LogP contribution in [0.4, 0.5) is 23.7 Å². The van der Waals surface area contributed by atoms with E-state index in [1.165, 1.54) is 21.8 Å². The molecular formula is C17H17BrF3N5O2. The zero-order chi connectivity index (χ0) is 20.1. The monoisotopic (exact) mass is 459 g/mol. The summed E-state index contributed by atoms with van der Waals surface area (Å²) in [6.07, 6.45) is 0.249. The van der Waals surface area contributed by atoms with Gasteiger partial charge in [-0.2, -0.15) is 13.9 Å². The number of aliphatic hydroxyl groups excluding tert-OH is 1. The van der Waals surface area contributed by atoms with Crippen molar-refractivity contribution in [2.24, 2.45) is 0 Å². The molecule has 1 atom stereocenters. The van der Waals surface area contributed by atoms with Crippen molar-refractivity contribution in [2.45, 2.75) is 44.4 Å². The highest BCUT2D eigenvalue weighted by Gasteiger charge is 2.43. The number of carbonyl (C=O) groups excluding carboxylic acids is 1. The molecule has 0 aromatic carbocycles. The number of fused-ring (bicyclic) bond motifs is 3. The molecule has 2 aliphatic heterocycles. The van der Waals surface area contributed by atoms with Gasteiger partial charge in [-0.3, -0.25) is 4.68 Å². The quantitative estimate of drug-likeness (QED) is 0.642. The second-order valence-corrected chi connectivity index (χ2v) is 7.67. The third-order valence-corrected chi connectivity index (χ3v) is 5.55. The van der Waals surface area contributed by atoms with Gasteiger partial charge in [0.05, 0.1) is 30.6 Å². The number of nitrogens with zero attached hydrogens (tertiary/aromatic N) is 4. The molecule has 2 aliphatic rings. The lowest BCUT2D eigenvalue weighted by Gasteiger charge is -2.28. The summed E-state index contributed by atoms with van der Waals surface area (Å²) in [7, 11) is 0. The second kappa shape index (κ2) is 7.03. The summed E-state index contributed by atoms with van der Waals surface area (Å²) in [6.45, 7) is 0.202. The molecule has 0 bridgehead atoms. The van der Waals surface area contributed by atoms with Crippen LogP contribution in [0.25, 0.3) is 0 Å². The number of aromatic nitrogens is 3. The average molecular weight is 460 g/mol. The third kappa shape index (κ3) is 3.37. The average Bonchev–Trinajstić information content (AvgIpc) is 2.96. The Bertz CT molecular complexity index is 936. The molecule has 11 heteroatoms. The van der Waals surface area contributed by atoms with Crippen molar-refractivity contribution in [1.29, 1.82) is 0 Å². The summed E-state index contributed by atoms with van der Waals surface area (Å²) in [5.74, 6) is -3.85. The molecule has 28 heavy (non-hydrogen) atoms. The highest BCUT2D eigenvalue weighted by atomic mass is 79.9. The number of amides is 2. The number of anilines is 1. The van der Waals surface area contributed by atoms with Gasteiger partial charge >= 0.3 is 6.03 Å². The van der Waals surface area contributed by atoms with Crippen LogP contribution in [0.5, 0.6) is 0 Å². The minimum Gasteiger partial charge on any atom is -0.391 e. The normalized spacial score (nSPS) is 20.9. The van der Waals surface area contributed by atoms with Crippen LogP contribution in [0.15, 0.2) is 16.9 Å². The Morgan fingerprint density at radius 2 is 2.21 bits per heavy atom. The first-order valence-electron chi connectivity index (χ1n) is 8.77. The maximum absolute atomic E-state index is 14.7. The van der Waals surface area contributed by atoms with Crippen LogP contribution < -0.4 is 5.32 Å². The molecule has 2 aromatic heterocycles. The highest BCUT2D eigenvalue weighted by molar-refractivity contribution is 9.10. The summed E-state index contributed by atoms with van der Waals surface area (Å²) in [5, 5.41) is 16.6. The SMILES string of the molecule is O=C(Nc1ccnc(Br)c1F)N1CCc2nn3c(c2C1)C(F)(F)CCC(O)C3. The molecule has 7 nitrogen and oxygen atoms in total. The van der Waals surface area contributed by atoms with Crippen LogP contribution in [-0.2, 0) is 25.4 Å². The van der Waals surface area contributed by atoms with E-state index in [0.29, 0.717) is 17.7 Å². The minimum atomic E-state index is -3.14. The molecule has 0 radical (unpaired) electrons. The molecule has 4 heterocycles. The molecular weight excluding hydrogens is 443 g/mol. The van der Waals surface area contributed by atoms with Gasteiger partial charge in [0.15, 0.2) is 5.82 Å². The lowest BCUT2D eigenvalue weighted by Crippen LogP contribution is -2.39. The molecule has 0 saturated carbocycles. The molecule has 0 saturated heterocycles. The van der Waals surface area contributed by atoms with E-state index in [4.69, 9.17) is 0 Å². The zero-order valence-corrected chi connectivity index (χ0v) is 16.2. The van der Waals surface area contributed by atoms with Gasteiger partial charge in [-0.05, 0) is 28.4 Å². The number of nitrogens with one attached hydrogen (secondary N) is 1. The number of urea groups is 1. The summed E-state index contributed by atoms with van der Waals surface area (Å²) in [5.41, 5.74) is 0.511. The van der Waals surface area contributed by atoms with E-state index in [-0.39, 0.29) is 42.0 Å². The Morgan fingerprint density at radius 1 is 1.43 bits per heavy atom. The Labute approximate surface area is 166 Å². The van der Waals surface area contributed by atoms with Crippen molar-refractivity contribution in [3.8, 4) is 0 Å². The van der Waals surface area contributed by atoms with Crippen LogP contribution in [0.3, 0.4) is 0 Å². The molecule has 2 aromatic rings. The van der Waals surface area contributed by atoms with Gasteiger partial charge in [-0.15, -0.1) is 0 Å². The van der Waals surface area contributed by atoms with E-state index < -0.39 is 30.3 Å². The lowest BCUT2D eigenvalue weighted by atomic mass is 10.00. The Hall–Kier alpha value is -2.14. The van der Waals surface area contributed by atoms with Crippen LogP contribution in [-0.4, -0.2) is 43.5 Å². The standard InChI is InChI=1S/C17H17BrF3N5O2/c18-15-13(19)12(2-5-22-15)23-16(28)25-6-3-11-10(8-25)14-17(20,21)4-1-9(27)7-26(14)24-11/h2,5,9,27H,1,3-4,6-8H2,(H,22,23,28). The first-order valence-corrected chi connectivity index (χ1v) is 9.56. The van der Waals surface area contributed by atoms with Crippen molar-refractivity contribution in [2.75, 3.05) is 11.9 Å². The van der Waals surface area contributed by atoms with Gasteiger partial charge in [0, 0.05) is 31.1 Å². The van der Waals surface area contributed by atoms with E-state index in [1.54, 1.807) is 0 Å². The number of pyridine rings is 1. The molecule has 4 rings (SSSR count). The predicted octanol–water partition coefficient (Wildman–Crippen LogP) is 3.02. The van der Waals surface area contributed by atoms with Gasteiger partial charge in [-0.25, -0.2) is 14.2 Å². The van der Waals surface area contributed by atoms with Crippen molar-refractivity contribution in [3.63, 3.8) is 0 Å². The van der Waals surface area contributed by atoms with Gasteiger partial charge in [-0.1, -0.05) is 0 Å². The van der Waals surface area contributed by atoms with Crippen molar-refractivity contribution >= 4 is 27.6 Å². The number of aliphatic hydroxyl groups is 1. The Balaban J connectivity index is 1.60. The van der Waals surface area contributed by atoms with Gasteiger partial charge < -0.3 is 15.3 Å². The fourth-order valence-electron chi connectivity index (χ4n) is 3.61. The smallest absolute Gasteiger partial charge is 0.322 e. The number of halogens is 4. The van der Waals surface area contributed by atoms with E-state index in [0.717, 1.165) is 0 Å². The number of carbonyl (C=O) groups is 1. The Morgan fingerprint density at radius 3 is 3.00 bits per heavy atom. The fraction of sp³-hybridized carbons (Fsp3) is 0.471. The molecule has 0 aliphatic carbocycles. The lowest BCUT2D eigenvalue weighted by molar-refractivity contribution is -0.0248. The summed E-state index contributed by atoms with van der Waals surface area (Å²) >= 11 is 2.95. The molecule has 2 amide bonds. The maximum atomic E-state index is 14.7. The fourth-order valence-corrected chi connectivity index (χ4v) is 3.94. The van der Waals surface area contributed by atoms with Crippen LogP contribution >= 0.6 is 15.9 Å². The largest absolute Gasteiger partial charge is 0.391 e. The maximum Gasteiger partial charge on any atom is 0.322 e. The van der Waals surface area contributed by atoms with Gasteiger partial charge in [0.25, 0.3) is 5.92 Å². The number of hydrogen-bond donors (Lipinski definition) is 2. The molecule has 2 N–H and O–H groups in total. The van der Waals surface area contributed by atoms with Crippen molar-refractivity contribution in [3.05, 3.63) is 39.6 Å². The van der Waals surface area contributed by atoms with E-state index in [9.17, 15) is 23.1 Å². The summed E-state index contributed by atoms with van der Waals surface area (Å²) < 4.78 is 44.5. The summed E-state index contributed by atoms with van der Waals surface area (Å²) in [4.78, 5) is 17.6. The molecule has 150 valence electrons. The van der Waals surface area contributed by atoms with E-state index >= 15 is 0 Å². The third-order valence-electron chi connectivity index (χ3n) is 5.00. The number of rotatable bonds is 1. The van der Waals surface area contributed by atoms with E-state index in [1.807, 2.05) is 0 Å². The second-order valence-electron chi connectivity index (χ2n) is 6.92. The molecule has 0 spiro atoms. The zero-order valence-electron chi connectivity index (χ0n) is 14.6. The number of hydrogen-bond acceptors (Lipinski definition) is 4. The Kier molecular flexibility index (Phi) is 4.82. The first-order chi connectivity index (χ1) is 13.3. The van der Waals surface area contributed by atoms with Crippen molar-refractivity contribution < 1.29 is 23.1 Å². The van der Waals surface area contributed by atoms with Crippen LogP contribution in [0, 0.1) is 5.82 Å². The number of alkyl halides is 2. The predicted molar refractivity (Wildman–Crippen MR) is 96.4 cm³/mol. The minimum absolute atomic E-state index is 0.000370. The van der Waals surface area contributed by atoms with Gasteiger partial charge in [0.2, 0.25) is 0 Å². The highest BCUT2D eigenvalue weighted by Crippen LogP contribution is 2.40. The van der Waals surface area contributed by atoms with Crippen molar-refractivity contribution in [1.82, 2.24) is 19.7 Å². The van der Waals surface area contributed by atoms with Gasteiger partial charge in [0.1, 0.15) is 10.3 Å². The van der Waals surface area contributed by atoms with Crippen LogP contribution in [0.1, 0.15) is 29.8 Å².